The van der Waals surface area contributed by atoms with E-state index in [4.69, 9.17) is 5.73 Å². The van der Waals surface area contributed by atoms with E-state index in [1.807, 2.05) is 6.92 Å². The summed E-state index contributed by atoms with van der Waals surface area (Å²) in [5, 5.41) is 5.37. The van der Waals surface area contributed by atoms with Gasteiger partial charge in [-0.05, 0) is 25.2 Å². The number of carbonyl (C=O) groups is 2. The SMILES string of the molecule is CCCNC(=O)CNC(=O)CC1CCCCC1N.Cl. The zero-order valence-electron chi connectivity index (χ0n) is 11.6. The summed E-state index contributed by atoms with van der Waals surface area (Å²) < 4.78 is 0. The van der Waals surface area contributed by atoms with Crippen LogP contribution in [0.3, 0.4) is 0 Å². The number of nitrogens with one attached hydrogen (secondary N) is 2. The van der Waals surface area contributed by atoms with Gasteiger partial charge in [0.05, 0.1) is 6.54 Å². The molecule has 0 saturated heterocycles. The van der Waals surface area contributed by atoms with E-state index >= 15 is 0 Å². The van der Waals surface area contributed by atoms with Gasteiger partial charge in [0.25, 0.3) is 0 Å². The zero-order valence-corrected chi connectivity index (χ0v) is 12.4. The number of carbonyl (C=O) groups excluding carboxylic acids is 2. The number of rotatable bonds is 6. The van der Waals surface area contributed by atoms with E-state index in [1.54, 1.807) is 0 Å². The average Bonchev–Trinajstić information content (AvgIpc) is 2.36. The van der Waals surface area contributed by atoms with Gasteiger partial charge in [-0.25, -0.2) is 0 Å². The Morgan fingerprint density at radius 1 is 1.16 bits per heavy atom. The summed E-state index contributed by atoms with van der Waals surface area (Å²) in [6.45, 7) is 2.71. The van der Waals surface area contributed by atoms with Crippen LogP contribution in [-0.2, 0) is 9.59 Å². The molecule has 0 heterocycles. The molecule has 19 heavy (non-hydrogen) atoms. The Balaban J connectivity index is 0.00000324. The summed E-state index contributed by atoms with van der Waals surface area (Å²) in [5.41, 5.74) is 5.99. The van der Waals surface area contributed by atoms with Crippen LogP contribution in [0.4, 0.5) is 0 Å². The van der Waals surface area contributed by atoms with Crippen LogP contribution in [0.2, 0.25) is 0 Å². The molecule has 1 rings (SSSR count). The van der Waals surface area contributed by atoms with E-state index in [9.17, 15) is 9.59 Å². The van der Waals surface area contributed by atoms with E-state index in [1.165, 1.54) is 6.42 Å². The van der Waals surface area contributed by atoms with Crippen LogP contribution >= 0.6 is 12.4 Å². The summed E-state index contributed by atoms with van der Waals surface area (Å²) in [6, 6.07) is 0.137. The van der Waals surface area contributed by atoms with Crippen molar-refractivity contribution in [1.29, 1.82) is 0 Å². The molecule has 6 heteroatoms. The minimum Gasteiger partial charge on any atom is -0.355 e. The second-order valence-corrected chi connectivity index (χ2v) is 5.04. The molecule has 0 aromatic rings. The molecule has 4 N–H and O–H groups in total. The van der Waals surface area contributed by atoms with Gasteiger partial charge >= 0.3 is 0 Å². The molecule has 1 saturated carbocycles. The van der Waals surface area contributed by atoms with E-state index < -0.39 is 0 Å². The minimum atomic E-state index is -0.127. The topological polar surface area (TPSA) is 84.2 Å². The van der Waals surface area contributed by atoms with Crippen LogP contribution in [-0.4, -0.2) is 30.9 Å². The first-order valence-corrected chi connectivity index (χ1v) is 6.92. The second kappa shape index (κ2) is 10.0. The second-order valence-electron chi connectivity index (χ2n) is 5.04. The summed E-state index contributed by atoms with van der Waals surface area (Å²) >= 11 is 0. The lowest BCUT2D eigenvalue weighted by Gasteiger charge is -2.27. The van der Waals surface area contributed by atoms with Gasteiger partial charge in [-0.3, -0.25) is 9.59 Å². The van der Waals surface area contributed by atoms with Gasteiger partial charge in [0.15, 0.2) is 0 Å². The van der Waals surface area contributed by atoms with Crippen molar-refractivity contribution in [2.24, 2.45) is 11.7 Å². The highest BCUT2D eigenvalue weighted by Gasteiger charge is 2.24. The fourth-order valence-corrected chi connectivity index (χ4v) is 2.31. The standard InChI is InChI=1S/C13H25N3O2.ClH/c1-2-7-15-13(18)9-16-12(17)8-10-5-3-4-6-11(10)14;/h10-11H,2-9,14H2,1H3,(H,15,18)(H,16,17);1H. The highest BCUT2D eigenvalue weighted by Crippen LogP contribution is 2.25. The number of hydrogen-bond donors (Lipinski definition) is 3. The molecule has 2 unspecified atom stereocenters. The van der Waals surface area contributed by atoms with Crippen LogP contribution in [0.25, 0.3) is 0 Å². The van der Waals surface area contributed by atoms with Crippen molar-refractivity contribution in [1.82, 2.24) is 10.6 Å². The fourth-order valence-electron chi connectivity index (χ4n) is 2.31. The van der Waals surface area contributed by atoms with Gasteiger partial charge in [-0.1, -0.05) is 19.8 Å². The van der Waals surface area contributed by atoms with Crippen LogP contribution < -0.4 is 16.4 Å². The molecule has 0 radical (unpaired) electrons. The van der Waals surface area contributed by atoms with E-state index in [2.05, 4.69) is 10.6 Å². The molecule has 2 amide bonds. The molecule has 0 bridgehead atoms. The number of halogens is 1. The first-order chi connectivity index (χ1) is 8.63. The van der Waals surface area contributed by atoms with Crippen LogP contribution in [0.5, 0.6) is 0 Å². The lowest BCUT2D eigenvalue weighted by atomic mass is 9.83. The van der Waals surface area contributed by atoms with Crippen molar-refractivity contribution < 1.29 is 9.59 Å². The molecule has 5 nitrogen and oxygen atoms in total. The Hall–Kier alpha value is -0.810. The smallest absolute Gasteiger partial charge is 0.239 e. The highest BCUT2D eigenvalue weighted by molar-refractivity contribution is 5.85. The van der Waals surface area contributed by atoms with E-state index in [0.29, 0.717) is 13.0 Å². The zero-order chi connectivity index (χ0) is 13.4. The lowest BCUT2D eigenvalue weighted by molar-refractivity contribution is -0.126. The lowest BCUT2D eigenvalue weighted by Crippen LogP contribution is -2.40. The Bertz CT molecular complexity index is 287. The third-order valence-corrected chi connectivity index (χ3v) is 3.43. The Kier molecular flexibility index (Phi) is 9.61. The Labute approximate surface area is 121 Å². The van der Waals surface area contributed by atoms with Crippen molar-refractivity contribution >= 4 is 24.2 Å². The molecule has 0 aromatic heterocycles. The predicted octanol–water partition coefficient (Wildman–Crippen LogP) is 0.958. The summed E-state index contributed by atoms with van der Waals surface area (Å²) in [7, 11) is 0. The monoisotopic (exact) mass is 291 g/mol. The highest BCUT2D eigenvalue weighted by atomic mass is 35.5. The van der Waals surface area contributed by atoms with Crippen molar-refractivity contribution in [2.75, 3.05) is 13.1 Å². The van der Waals surface area contributed by atoms with Crippen LogP contribution in [0, 0.1) is 5.92 Å². The maximum atomic E-state index is 11.7. The third-order valence-electron chi connectivity index (χ3n) is 3.43. The largest absolute Gasteiger partial charge is 0.355 e. The predicted molar refractivity (Wildman–Crippen MR) is 78.1 cm³/mol. The van der Waals surface area contributed by atoms with E-state index in [0.717, 1.165) is 25.7 Å². The Morgan fingerprint density at radius 2 is 1.84 bits per heavy atom. The maximum absolute atomic E-state index is 11.7. The van der Waals surface area contributed by atoms with Gasteiger partial charge in [0.1, 0.15) is 0 Å². The van der Waals surface area contributed by atoms with Gasteiger partial charge in [-0.2, -0.15) is 0 Å². The molecule has 2 atom stereocenters. The molecular weight excluding hydrogens is 266 g/mol. The first-order valence-electron chi connectivity index (χ1n) is 6.92. The van der Waals surface area contributed by atoms with Crippen molar-refractivity contribution in [3.63, 3.8) is 0 Å². The summed E-state index contributed by atoms with van der Waals surface area (Å²) in [6.07, 6.45) is 5.70. The third kappa shape index (κ3) is 7.38. The number of amides is 2. The van der Waals surface area contributed by atoms with Gasteiger partial charge in [0, 0.05) is 19.0 Å². The maximum Gasteiger partial charge on any atom is 0.239 e. The Morgan fingerprint density at radius 3 is 2.47 bits per heavy atom. The minimum absolute atomic E-state index is 0. The van der Waals surface area contributed by atoms with Crippen molar-refractivity contribution in [2.45, 2.75) is 51.5 Å². The first kappa shape index (κ1) is 18.2. The molecule has 1 aliphatic rings. The van der Waals surface area contributed by atoms with Crippen molar-refractivity contribution in [3.05, 3.63) is 0 Å². The molecule has 0 aromatic carbocycles. The van der Waals surface area contributed by atoms with Crippen molar-refractivity contribution in [3.8, 4) is 0 Å². The van der Waals surface area contributed by atoms with E-state index in [-0.39, 0.29) is 42.7 Å². The molecule has 0 aliphatic heterocycles. The van der Waals surface area contributed by atoms with Crippen LogP contribution in [0.1, 0.15) is 45.4 Å². The van der Waals surface area contributed by atoms with Gasteiger partial charge < -0.3 is 16.4 Å². The van der Waals surface area contributed by atoms with Crippen LogP contribution in [0.15, 0.2) is 0 Å². The van der Waals surface area contributed by atoms with Gasteiger partial charge in [0.2, 0.25) is 11.8 Å². The molecular formula is C13H26ClN3O2. The van der Waals surface area contributed by atoms with Gasteiger partial charge in [-0.15, -0.1) is 12.4 Å². The summed E-state index contributed by atoms with van der Waals surface area (Å²) in [5.74, 6) is 0.0830. The average molecular weight is 292 g/mol. The normalized spacial score (nSPS) is 22.2. The number of nitrogens with two attached hydrogens (primary N) is 1. The molecule has 1 aliphatic carbocycles. The molecule has 1 fully saturated rings. The fraction of sp³-hybridized carbons (Fsp3) is 0.846. The molecule has 112 valence electrons. The quantitative estimate of drug-likeness (QED) is 0.681. The molecule has 0 spiro atoms. The number of hydrogen-bond acceptors (Lipinski definition) is 3. The summed E-state index contributed by atoms with van der Waals surface area (Å²) in [4.78, 5) is 23.0.